The largest absolute Gasteiger partial charge is 0.466 e. The molecule has 130 valence electrons. The summed E-state index contributed by atoms with van der Waals surface area (Å²) in [6, 6.07) is -0.879. The van der Waals surface area contributed by atoms with E-state index in [0.717, 1.165) is 0 Å². The van der Waals surface area contributed by atoms with E-state index in [1.165, 1.54) is 14.0 Å². The van der Waals surface area contributed by atoms with Gasteiger partial charge in [-0.1, -0.05) is 22.0 Å². The Morgan fingerprint density at radius 1 is 1.26 bits per heavy atom. The number of hydrogen-bond donors (Lipinski definition) is 2. The highest BCUT2D eigenvalue weighted by Crippen LogP contribution is 2.26. The first-order valence-corrected chi connectivity index (χ1v) is 8.14. The van der Waals surface area contributed by atoms with Gasteiger partial charge in [0, 0.05) is 18.9 Å². The number of amides is 2. The highest BCUT2D eigenvalue weighted by Gasteiger charge is 2.36. The summed E-state index contributed by atoms with van der Waals surface area (Å²) in [6.07, 6.45) is 1.33. The Bertz CT molecular complexity index is 512. The Morgan fingerprint density at radius 3 is 2.35 bits per heavy atom. The van der Waals surface area contributed by atoms with E-state index in [4.69, 9.17) is 9.47 Å². The summed E-state index contributed by atoms with van der Waals surface area (Å²) in [6.45, 7) is 6.67. The van der Waals surface area contributed by atoms with Gasteiger partial charge in [0.2, 0.25) is 5.91 Å². The molecule has 8 heteroatoms. The van der Waals surface area contributed by atoms with E-state index in [9.17, 15) is 14.4 Å². The molecule has 0 saturated heterocycles. The number of alkyl halides is 1. The highest BCUT2D eigenvalue weighted by atomic mass is 79.9. The first-order chi connectivity index (χ1) is 10.5. The van der Waals surface area contributed by atoms with Crippen LogP contribution in [0.1, 0.15) is 34.1 Å². The number of hydrogen-bond acceptors (Lipinski definition) is 5. The van der Waals surface area contributed by atoms with Gasteiger partial charge in [-0.05, 0) is 20.8 Å². The number of rotatable bonds is 3. The lowest BCUT2D eigenvalue weighted by atomic mass is 9.91. The van der Waals surface area contributed by atoms with Crippen LogP contribution in [0.25, 0.3) is 0 Å². The SMILES string of the molecule is COC(=O)C1=C[C@H](NC(C)=O)[C@@H](Br)[C@@H](NC(=O)OC(C)(C)C)C1. The van der Waals surface area contributed by atoms with Crippen LogP contribution in [0.2, 0.25) is 0 Å². The van der Waals surface area contributed by atoms with E-state index in [-0.39, 0.29) is 17.2 Å². The Morgan fingerprint density at radius 2 is 1.87 bits per heavy atom. The molecule has 0 heterocycles. The molecule has 0 fully saturated rings. The standard InChI is InChI=1S/C15H23BrN2O5/c1-8(19)17-10-6-9(13(20)22-5)7-11(12(10)16)18-14(21)23-15(2,3)4/h6,10-12H,7H2,1-5H3,(H,17,19)(H,18,21)/t10-,11-,12+/m0/s1. The maximum Gasteiger partial charge on any atom is 0.407 e. The van der Waals surface area contributed by atoms with E-state index < -0.39 is 29.7 Å². The molecule has 2 amide bonds. The zero-order valence-electron chi connectivity index (χ0n) is 13.9. The van der Waals surface area contributed by atoms with Gasteiger partial charge in [-0.15, -0.1) is 0 Å². The van der Waals surface area contributed by atoms with Crippen LogP contribution in [0.5, 0.6) is 0 Å². The predicted octanol–water partition coefficient (Wildman–Crippen LogP) is 1.65. The number of esters is 1. The normalized spacial score (nSPS) is 24.3. The molecule has 1 aliphatic carbocycles. The molecule has 7 nitrogen and oxygen atoms in total. The maximum atomic E-state index is 12.0. The lowest BCUT2D eigenvalue weighted by Gasteiger charge is -2.34. The molecule has 0 spiro atoms. The molecule has 2 N–H and O–H groups in total. The zero-order chi connectivity index (χ0) is 17.8. The van der Waals surface area contributed by atoms with E-state index >= 15 is 0 Å². The third kappa shape index (κ3) is 6.21. The second-order valence-electron chi connectivity index (χ2n) is 6.31. The number of halogens is 1. The quantitative estimate of drug-likeness (QED) is 0.564. The summed E-state index contributed by atoms with van der Waals surface area (Å²) >= 11 is 3.47. The van der Waals surface area contributed by atoms with Gasteiger partial charge in [-0.3, -0.25) is 4.79 Å². The third-order valence-electron chi connectivity index (χ3n) is 3.07. The third-order valence-corrected chi connectivity index (χ3v) is 4.28. The fourth-order valence-corrected chi connectivity index (χ4v) is 2.81. The van der Waals surface area contributed by atoms with Crippen molar-refractivity contribution in [2.45, 2.75) is 56.6 Å². The fraction of sp³-hybridized carbons (Fsp3) is 0.667. The minimum Gasteiger partial charge on any atom is -0.466 e. The molecule has 0 aromatic carbocycles. The van der Waals surface area contributed by atoms with Crippen molar-refractivity contribution in [1.29, 1.82) is 0 Å². The number of carbonyl (C=O) groups excluding carboxylic acids is 3. The van der Waals surface area contributed by atoms with E-state index in [0.29, 0.717) is 5.57 Å². The highest BCUT2D eigenvalue weighted by molar-refractivity contribution is 9.09. The molecule has 0 saturated carbocycles. The van der Waals surface area contributed by atoms with Crippen LogP contribution >= 0.6 is 15.9 Å². The van der Waals surface area contributed by atoms with Crippen molar-refractivity contribution in [3.05, 3.63) is 11.6 Å². The minimum atomic E-state index is -0.626. The van der Waals surface area contributed by atoms with Crippen molar-refractivity contribution in [3.63, 3.8) is 0 Å². The van der Waals surface area contributed by atoms with E-state index in [1.54, 1.807) is 26.8 Å². The molecule has 3 atom stereocenters. The average molecular weight is 391 g/mol. The molecular weight excluding hydrogens is 368 g/mol. The van der Waals surface area contributed by atoms with Crippen molar-refractivity contribution in [2.24, 2.45) is 0 Å². The van der Waals surface area contributed by atoms with Gasteiger partial charge >= 0.3 is 12.1 Å². The van der Waals surface area contributed by atoms with Crippen LogP contribution in [-0.4, -0.2) is 47.6 Å². The van der Waals surface area contributed by atoms with E-state index in [2.05, 4.69) is 26.6 Å². The second-order valence-corrected chi connectivity index (χ2v) is 7.37. The summed E-state index contributed by atoms with van der Waals surface area (Å²) in [5, 5.41) is 5.46. The summed E-state index contributed by atoms with van der Waals surface area (Å²) in [5.41, 5.74) is -0.235. The number of carbonyl (C=O) groups is 3. The van der Waals surface area contributed by atoms with Gasteiger partial charge < -0.3 is 20.1 Å². The zero-order valence-corrected chi connectivity index (χ0v) is 15.5. The molecule has 0 aliphatic heterocycles. The van der Waals surface area contributed by atoms with E-state index in [1.807, 2.05) is 0 Å². The van der Waals surface area contributed by atoms with Crippen molar-refractivity contribution >= 4 is 33.9 Å². The van der Waals surface area contributed by atoms with Gasteiger partial charge in [-0.2, -0.15) is 0 Å². The molecule has 23 heavy (non-hydrogen) atoms. The van der Waals surface area contributed by atoms with Crippen LogP contribution < -0.4 is 10.6 Å². The molecule has 1 rings (SSSR count). The van der Waals surface area contributed by atoms with Crippen LogP contribution in [0.4, 0.5) is 4.79 Å². The number of methoxy groups -OCH3 is 1. The van der Waals surface area contributed by atoms with Crippen LogP contribution in [-0.2, 0) is 19.1 Å². The summed E-state index contributed by atoms with van der Waals surface area (Å²) in [5.74, 6) is -0.728. The van der Waals surface area contributed by atoms with Crippen molar-refractivity contribution in [2.75, 3.05) is 7.11 Å². The summed E-state index contributed by atoms with van der Waals surface area (Å²) < 4.78 is 9.97. The lowest BCUT2D eigenvalue weighted by molar-refractivity contribution is -0.136. The summed E-state index contributed by atoms with van der Waals surface area (Å²) in [7, 11) is 1.28. The molecule has 0 radical (unpaired) electrons. The smallest absolute Gasteiger partial charge is 0.407 e. The van der Waals surface area contributed by atoms with Crippen molar-refractivity contribution in [3.8, 4) is 0 Å². The lowest BCUT2D eigenvalue weighted by Crippen LogP contribution is -2.54. The van der Waals surface area contributed by atoms with Crippen LogP contribution in [0.3, 0.4) is 0 Å². The number of alkyl carbamates (subject to hydrolysis) is 1. The minimum absolute atomic E-state index is 0.238. The average Bonchev–Trinajstić information content (AvgIpc) is 2.39. The first kappa shape index (κ1) is 19.5. The topological polar surface area (TPSA) is 93.7 Å². The Labute approximate surface area is 144 Å². The van der Waals surface area contributed by atoms with Crippen molar-refractivity contribution < 1.29 is 23.9 Å². The van der Waals surface area contributed by atoms with Gasteiger partial charge in [0.05, 0.1) is 24.0 Å². The molecule has 1 aliphatic rings. The Balaban J connectivity index is 2.91. The summed E-state index contributed by atoms with van der Waals surface area (Å²) in [4.78, 5) is 34.8. The Kier molecular flexibility index (Phi) is 6.61. The molecule has 0 unspecified atom stereocenters. The van der Waals surface area contributed by atoms with Gasteiger partial charge in [0.1, 0.15) is 5.60 Å². The molecule has 0 aromatic rings. The maximum absolute atomic E-state index is 12.0. The number of ether oxygens (including phenoxy) is 2. The van der Waals surface area contributed by atoms with Gasteiger partial charge in [-0.25, -0.2) is 9.59 Å². The first-order valence-electron chi connectivity index (χ1n) is 7.23. The molecular formula is C15H23BrN2O5. The van der Waals surface area contributed by atoms with Gasteiger partial charge in [0.15, 0.2) is 0 Å². The molecule has 0 bridgehead atoms. The van der Waals surface area contributed by atoms with Crippen molar-refractivity contribution in [1.82, 2.24) is 10.6 Å². The number of nitrogens with one attached hydrogen (secondary N) is 2. The van der Waals surface area contributed by atoms with Crippen LogP contribution in [0.15, 0.2) is 11.6 Å². The fourth-order valence-electron chi connectivity index (χ4n) is 2.20. The van der Waals surface area contributed by atoms with Crippen LogP contribution in [0, 0.1) is 0 Å². The second kappa shape index (κ2) is 7.81. The monoisotopic (exact) mass is 390 g/mol. The predicted molar refractivity (Wildman–Crippen MR) is 88.2 cm³/mol. The Hall–Kier alpha value is -1.57. The molecule has 0 aromatic heterocycles. The van der Waals surface area contributed by atoms with Gasteiger partial charge in [0.25, 0.3) is 0 Å².